The molecule has 0 spiro atoms. The van der Waals surface area contributed by atoms with Gasteiger partial charge in [-0.25, -0.2) is 9.18 Å². The van der Waals surface area contributed by atoms with Gasteiger partial charge in [0, 0.05) is 24.3 Å². The number of aromatic carboxylic acids is 1. The van der Waals surface area contributed by atoms with Crippen LogP contribution in [-0.2, 0) is 6.42 Å². The summed E-state index contributed by atoms with van der Waals surface area (Å²) in [4.78, 5) is 27.7. The van der Waals surface area contributed by atoms with Crippen LogP contribution >= 0.6 is 0 Å². The van der Waals surface area contributed by atoms with Gasteiger partial charge < -0.3 is 20.1 Å². The minimum absolute atomic E-state index is 0.357. The number of carboxylic acid groups (broad SMARTS) is 1. The minimum Gasteiger partial charge on any atom is -0.506 e. The number of hydrogen-bond acceptors (Lipinski definition) is 4. The number of rotatable bonds is 4. The van der Waals surface area contributed by atoms with Gasteiger partial charge >= 0.3 is 5.97 Å². The molecule has 0 aliphatic carbocycles. The fourth-order valence-electron chi connectivity index (χ4n) is 3.21. The lowest BCUT2D eigenvalue weighted by Gasteiger charge is -2.18. The first-order chi connectivity index (χ1) is 11.9. The molecular formula is C18H19FN2O4. The number of benzene rings is 1. The van der Waals surface area contributed by atoms with Crippen molar-refractivity contribution in [2.45, 2.75) is 25.9 Å². The van der Waals surface area contributed by atoms with E-state index >= 15 is 0 Å². The molecule has 2 aromatic rings. The average molecular weight is 346 g/mol. The molecule has 2 heterocycles. The van der Waals surface area contributed by atoms with Crippen molar-refractivity contribution in [2.24, 2.45) is 0 Å². The number of nitrogens with one attached hydrogen (secondary N) is 1. The van der Waals surface area contributed by atoms with E-state index in [1.165, 1.54) is 0 Å². The van der Waals surface area contributed by atoms with E-state index in [0.717, 1.165) is 5.69 Å². The topological polar surface area (TPSA) is 93.6 Å². The van der Waals surface area contributed by atoms with Gasteiger partial charge in [0.1, 0.15) is 11.9 Å². The fraction of sp³-hybridized carbons (Fsp3) is 0.333. The molecule has 132 valence electrons. The normalized spacial score (nSPS) is 17.0. The quantitative estimate of drug-likeness (QED) is 0.791. The van der Waals surface area contributed by atoms with Crippen molar-refractivity contribution in [3.63, 3.8) is 0 Å². The Morgan fingerprint density at radius 3 is 2.56 bits per heavy atom. The summed E-state index contributed by atoms with van der Waals surface area (Å²) in [6.07, 6.45) is 0.0538. The molecule has 1 unspecified atom stereocenters. The van der Waals surface area contributed by atoms with Crippen LogP contribution in [-0.4, -0.2) is 40.4 Å². The van der Waals surface area contributed by atoms with Gasteiger partial charge in [0.2, 0.25) is 0 Å². The predicted octanol–water partition coefficient (Wildman–Crippen LogP) is 2.56. The number of hydrogen-bond donors (Lipinski definition) is 3. The smallest absolute Gasteiger partial charge is 0.345 e. The summed E-state index contributed by atoms with van der Waals surface area (Å²) in [6.45, 7) is 2.79. The highest BCUT2D eigenvalue weighted by Crippen LogP contribution is 2.31. The van der Waals surface area contributed by atoms with Crippen molar-refractivity contribution in [3.05, 3.63) is 45.7 Å². The minimum atomic E-state index is -1.47. The van der Waals surface area contributed by atoms with E-state index in [1.54, 1.807) is 19.1 Å². The Labute approximate surface area is 143 Å². The molecule has 1 atom stereocenters. The van der Waals surface area contributed by atoms with E-state index in [0.29, 0.717) is 42.8 Å². The molecule has 25 heavy (non-hydrogen) atoms. The van der Waals surface area contributed by atoms with Crippen LogP contribution in [0.4, 0.5) is 10.1 Å². The van der Waals surface area contributed by atoms with Gasteiger partial charge in [-0.3, -0.25) is 4.79 Å². The first kappa shape index (κ1) is 17.0. The van der Waals surface area contributed by atoms with E-state index in [2.05, 4.69) is 4.98 Å². The fourth-order valence-corrected chi connectivity index (χ4v) is 3.21. The molecule has 1 aliphatic heterocycles. The number of anilines is 1. The molecular weight excluding hydrogens is 327 g/mol. The van der Waals surface area contributed by atoms with Crippen molar-refractivity contribution in [1.29, 1.82) is 0 Å². The summed E-state index contributed by atoms with van der Waals surface area (Å²) in [5.74, 6) is -1.97. The lowest BCUT2D eigenvalue weighted by atomic mass is 10.0. The van der Waals surface area contributed by atoms with Crippen molar-refractivity contribution in [1.82, 2.24) is 4.98 Å². The Bertz CT molecular complexity index is 861. The van der Waals surface area contributed by atoms with Crippen LogP contribution in [0.5, 0.6) is 5.75 Å². The summed E-state index contributed by atoms with van der Waals surface area (Å²) in [5.41, 5.74) is 0.807. The number of pyridine rings is 1. The Balaban J connectivity index is 2.02. The van der Waals surface area contributed by atoms with E-state index < -0.39 is 29.0 Å². The van der Waals surface area contributed by atoms with E-state index in [4.69, 9.17) is 5.11 Å². The van der Waals surface area contributed by atoms with Gasteiger partial charge in [-0.15, -0.1) is 0 Å². The Hall–Kier alpha value is -2.83. The highest BCUT2D eigenvalue weighted by atomic mass is 19.1. The summed E-state index contributed by atoms with van der Waals surface area (Å²) in [5, 5.41) is 19.3. The second kappa shape index (κ2) is 6.58. The zero-order chi connectivity index (χ0) is 18.1. The number of aromatic hydroxyl groups is 1. The van der Waals surface area contributed by atoms with E-state index in [-0.39, 0.29) is 0 Å². The maximum absolute atomic E-state index is 13.3. The zero-order valence-corrected chi connectivity index (χ0v) is 13.8. The predicted molar refractivity (Wildman–Crippen MR) is 92.2 cm³/mol. The molecule has 0 bridgehead atoms. The summed E-state index contributed by atoms with van der Waals surface area (Å²) in [6, 6.07) is 7.19. The number of nitrogens with zero attached hydrogens (tertiary/aromatic N) is 1. The first-order valence-electron chi connectivity index (χ1n) is 8.13. The lowest BCUT2D eigenvalue weighted by Crippen LogP contribution is -2.20. The number of aromatic amines is 1. The number of aromatic nitrogens is 1. The largest absolute Gasteiger partial charge is 0.506 e. The number of halogens is 1. The number of carboxylic acids is 1. The SMILES string of the molecule is CCc1c(-c2ccc(N3CCC(F)C3)cc2)[nH]c(=O)c(C(=O)O)c1O. The molecule has 1 aromatic heterocycles. The summed E-state index contributed by atoms with van der Waals surface area (Å²) < 4.78 is 13.3. The molecule has 1 aliphatic rings. The molecule has 1 fully saturated rings. The molecule has 0 radical (unpaired) electrons. The highest BCUT2D eigenvalue weighted by molar-refractivity contribution is 5.92. The molecule has 6 nitrogen and oxygen atoms in total. The second-order valence-corrected chi connectivity index (χ2v) is 6.07. The van der Waals surface area contributed by atoms with E-state index in [9.17, 15) is 19.1 Å². The molecule has 1 saturated heterocycles. The van der Waals surface area contributed by atoms with Gasteiger partial charge in [-0.1, -0.05) is 19.1 Å². The van der Waals surface area contributed by atoms with Gasteiger partial charge in [0.05, 0.1) is 5.69 Å². The third-order valence-electron chi connectivity index (χ3n) is 4.51. The third-order valence-corrected chi connectivity index (χ3v) is 4.51. The van der Waals surface area contributed by atoms with Crippen LogP contribution in [0, 0.1) is 0 Å². The van der Waals surface area contributed by atoms with Crippen LogP contribution in [0.15, 0.2) is 29.1 Å². The van der Waals surface area contributed by atoms with Gasteiger partial charge in [-0.05, 0) is 30.5 Å². The van der Waals surface area contributed by atoms with Gasteiger partial charge in [0.25, 0.3) is 5.56 Å². The Kier molecular flexibility index (Phi) is 4.48. The molecule has 7 heteroatoms. The molecule has 1 aromatic carbocycles. The van der Waals surface area contributed by atoms with Crippen LogP contribution in [0.3, 0.4) is 0 Å². The van der Waals surface area contributed by atoms with Crippen molar-refractivity contribution in [2.75, 3.05) is 18.0 Å². The maximum atomic E-state index is 13.3. The second-order valence-electron chi connectivity index (χ2n) is 6.07. The average Bonchev–Trinajstić information content (AvgIpc) is 3.00. The molecule has 0 amide bonds. The van der Waals surface area contributed by atoms with E-state index in [1.807, 2.05) is 17.0 Å². The molecule has 3 rings (SSSR count). The summed E-state index contributed by atoms with van der Waals surface area (Å²) in [7, 11) is 0. The zero-order valence-electron chi connectivity index (χ0n) is 13.8. The van der Waals surface area contributed by atoms with Crippen molar-refractivity contribution >= 4 is 11.7 Å². The van der Waals surface area contributed by atoms with Crippen LogP contribution in [0.2, 0.25) is 0 Å². The lowest BCUT2D eigenvalue weighted by molar-refractivity contribution is 0.0691. The van der Waals surface area contributed by atoms with Crippen molar-refractivity contribution < 1.29 is 19.4 Å². The van der Waals surface area contributed by atoms with Crippen LogP contribution in [0.1, 0.15) is 29.3 Å². The first-order valence-corrected chi connectivity index (χ1v) is 8.13. The number of H-pyrrole nitrogens is 1. The summed E-state index contributed by atoms with van der Waals surface area (Å²) >= 11 is 0. The maximum Gasteiger partial charge on any atom is 0.345 e. The van der Waals surface area contributed by atoms with Gasteiger partial charge in [-0.2, -0.15) is 0 Å². The van der Waals surface area contributed by atoms with Crippen molar-refractivity contribution in [3.8, 4) is 17.0 Å². The standard InChI is InChI=1S/C18H19FN2O4/c1-2-13-15(20-17(23)14(16(13)22)18(24)25)10-3-5-12(6-4-10)21-8-7-11(19)9-21/h3-6,11H,2,7-9H2,1H3,(H,24,25)(H2,20,22,23). The monoisotopic (exact) mass is 346 g/mol. The Morgan fingerprint density at radius 1 is 1.36 bits per heavy atom. The van der Waals surface area contributed by atoms with Crippen LogP contribution in [0.25, 0.3) is 11.3 Å². The molecule has 0 saturated carbocycles. The number of carbonyl (C=O) groups is 1. The molecule has 3 N–H and O–H groups in total. The number of alkyl halides is 1. The highest BCUT2D eigenvalue weighted by Gasteiger charge is 2.23. The van der Waals surface area contributed by atoms with Crippen LogP contribution < -0.4 is 10.5 Å². The Morgan fingerprint density at radius 2 is 2.04 bits per heavy atom. The van der Waals surface area contributed by atoms with Gasteiger partial charge in [0.15, 0.2) is 5.56 Å². The third kappa shape index (κ3) is 3.09.